The van der Waals surface area contributed by atoms with Crippen molar-refractivity contribution in [1.29, 1.82) is 5.26 Å². The van der Waals surface area contributed by atoms with Crippen LogP contribution in [-0.4, -0.2) is 36.1 Å². The quantitative estimate of drug-likeness (QED) is 0.612. The van der Waals surface area contributed by atoms with Gasteiger partial charge in [-0.1, -0.05) is 29.3 Å². The highest BCUT2D eigenvalue weighted by Crippen LogP contribution is 2.27. The number of hydrogen-bond donors (Lipinski definition) is 0. The fourth-order valence-electron chi connectivity index (χ4n) is 2.45. The number of nitriles is 1. The highest BCUT2D eigenvalue weighted by atomic mass is 35.5. The molecule has 1 saturated heterocycles. The van der Waals surface area contributed by atoms with Crippen molar-refractivity contribution in [3.8, 4) is 6.07 Å². The average Bonchev–Trinajstić information content (AvgIpc) is 2.45. The zero-order valence-corrected chi connectivity index (χ0v) is 13.9. The van der Waals surface area contributed by atoms with E-state index < -0.39 is 0 Å². The summed E-state index contributed by atoms with van der Waals surface area (Å²) in [6, 6.07) is 6.98. The third kappa shape index (κ3) is 3.80. The lowest BCUT2D eigenvalue weighted by atomic mass is 10.1. The monoisotopic (exact) mass is 338 g/mol. The molecule has 4 nitrogen and oxygen atoms in total. The molecule has 1 aromatic carbocycles. The number of halogens is 2. The Morgan fingerprint density at radius 1 is 1.32 bits per heavy atom. The first-order chi connectivity index (χ1) is 10.4. The smallest absolute Gasteiger partial charge is 0.264 e. The minimum atomic E-state index is -0.333. The number of rotatable bonds is 2. The number of amides is 1. The Bertz CT molecular complexity index is 622. The second-order valence-electron chi connectivity index (χ2n) is 5.27. The lowest BCUT2D eigenvalue weighted by Gasteiger charge is -2.35. The van der Waals surface area contributed by atoms with Crippen LogP contribution >= 0.6 is 23.2 Å². The van der Waals surface area contributed by atoms with Gasteiger partial charge in [-0.3, -0.25) is 4.79 Å². The normalized spacial score (nSPS) is 22.3. The Morgan fingerprint density at radius 3 is 2.36 bits per heavy atom. The van der Waals surface area contributed by atoms with E-state index in [1.807, 2.05) is 19.9 Å². The molecule has 2 rings (SSSR count). The summed E-state index contributed by atoms with van der Waals surface area (Å²) in [7, 11) is 0. The number of hydrogen-bond acceptors (Lipinski definition) is 3. The lowest BCUT2D eigenvalue weighted by molar-refractivity contribution is -0.138. The molecule has 1 heterocycles. The number of carbonyl (C=O) groups is 1. The van der Waals surface area contributed by atoms with Gasteiger partial charge in [0.2, 0.25) is 0 Å². The second-order valence-corrected chi connectivity index (χ2v) is 6.09. The molecule has 0 radical (unpaired) electrons. The van der Waals surface area contributed by atoms with Crippen LogP contribution in [-0.2, 0) is 9.53 Å². The Hall–Kier alpha value is -1.54. The van der Waals surface area contributed by atoms with E-state index in [9.17, 15) is 10.1 Å². The van der Waals surface area contributed by atoms with E-state index in [4.69, 9.17) is 27.9 Å². The van der Waals surface area contributed by atoms with Crippen LogP contribution in [0.15, 0.2) is 23.8 Å². The molecule has 0 bridgehead atoms. The maximum atomic E-state index is 12.5. The van der Waals surface area contributed by atoms with Crippen molar-refractivity contribution in [1.82, 2.24) is 4.90 Å². The molecule has 1 aliphatic rings. The van der Waals surface area contributed by atoms with E-state index in [0.29, 0.717) is 28.7 Å². The number of benzene rings is 1. The van der Waals surface area contributed by atoms with Gasteiger partial charge in [-0.05, 0) is 32.1 Å². The largest absolute Gasteiger partial charge is 0.372 e. The highest BCUT2D eigenvalue weighted by Gasteiger charge is 2.28. The first-order valence-electron chi connectivity index (χ1n) is 6.93. The van der Waals surface area contributed by atoms with Crippen molar-refractivity contribution in [3.63, 3.8) is 0 Å². The third-order valence-corrected chi connectivity index (χ3v) is 4.01. The molecular formula is C16H16Cl2N2O2. The van der Waals surface area contributed by atoms with Gasteiger partial charge in [0.15, 0.2) is 0 Å². The van der Waals surface area contributed by atoms with Crippen molar-refractivity contribution >= 4 is 35.2 Å². The molecule has 2 atom stereocenters. The Kier molecular flexibility index (Phi) is 5.47. The van der Waals surface area contributed by atoms with Gasteiger partial charge < -0.3 is 9.64 Å². The maximum Gasteiger partial charge on any atom is 0.264 e. The SMILES string of the molecule is C[C@H]1CN(C(=O)/C(C#N)=C\c2c(Cl)cccc2Cl)C[C@H](C)O1. The first-order valence-corrected chi connectivity index (χ1v) is 7.68. The van der Waals surface area contributed by atoms with Gasteiger partial charge >= 0.3 is 0 Å². The lowest BCUT2D eigenvalue weighted by Crippen LogP contribution is -2.48. The van der Waals surface area contributed by atoms with E-state index in [1.165, 1.54) is 6.08 Å². The van der Waals surface area contributed by atoms with Gasteiger partial charge in [-0.15, -0.1) is 0 Å². The van der Waals surface area contributed by atoms with E-state index >= 15 is 0 Å². The summed E-state index contributed by atoms with van der Waals surface area (Å²) >= 11 is 12.2. The van der Waals surface area contributed by atoms with Gasteiger partial charge in [0.1, 0.15) is 11.6 Å². The molecule has 0 aromatic heterocycles. The van der Waals surface area contributed by atoms with Crippen LogP contribution in [0.3, 0.4) is 0 Å². The summed E-state index contributed by atoms with van der Waals surface area (Å²) in [6.45, 7) is 4.71. The Labute approximate surface area is 139 Å². The topological polar surface area (TPSA) is 53.3 Å². The van der Waals surface area contributed by atoms with E-state index in [2.05, 4.69) is 0 Å². The van der Waals surface area contributed by atoms with Gasteiger partial charge in [0, 0.05) is 28.7 Å². The molecule has 22 heavy (non-hydrogen) atoms. The van der Waals surface area contributed by atoms with Gasteiger partial charge in [0.25, 0.3) is 5.91 Å². The molecule has 0 aliphatic carbocycles. The molecular weight excluding hydrogens is 323 g/mol. The van der Waals surface area contributed by atoms with E-state index in [-0.39, 0.29) is 23.7 Å². The molecule has 6 heteroatoms. The standard InChI is InChI=1S/C16H16Cl2N2O2/c1-10-8-20(9-11(2)22-10)16(21)12(7-19)6-13-14(17)4-3-5-15(13)18/h3-6,10-11H,8-9H2,1-2H3/b12-6-/t10-,11-/m0/s1. The highest BCUT2D eigenvalue weighted by molar-refractivity contribution is 6.37. The predicted octanol–water partition coefficient (Wildman–Crippen LogP) is 3.54. The Balaban J connectivity index is 2.30. The minimum absolute atomic E-state index is 0.0105. The molecule has 1 fully saturated rings. The molecule has 0 unspecified atom stereocenters. The summed E-state index contributed by atoms with van der Waals surface area (Å²) in [5, 5.41) is 10.1. The fraction of sp³-hybridized carbons (Fsp3) is 0.375. The van der Waals surface area contributed by atoms with Crippen molar-refractivity contribution in [2.75, 3.05) is 13.1 Å². The third-order valence-electron chi connectivity index (χ3n) is 3.35. The Morgan fingerprint density at radius 2 is 1.86 bits per heavy atom. The van der Waals surface area contributed by atoms with Crippen LogP contribution < -0.4 is 0 Å². The van der Waals surface area contributed by atoms with E-state index in [1.54, 1.807) is 23.1 Å². The molecule has 0 N–H and O–H groups in total. The molecule has 0 spiro atoms. The van der Waals surface area contributed by atoms with Crippen molar-refractivity contribution < 1.29 is 9.53 Å². The van der Waals surface area contributed by atoms with Crippen LogP contribution in [0.2, 0.25) is 10.0 Å². The van der Waals surface area contributed by atoms with Crippen molar-refractivity contribution in [2.45, 2.75) is 26.1 Å². The summed E-state index contributed by atoms with van der Waals surface area (Å²) in [6.07, 6.45) is 1.32. The minimum Gasteiger partial charge on any atom is -0.372 e. The molecule has 116 valence electrons. The van der Waals surface area contributed by atoms with Gasteiger partial charge in [-0.25, -0.2) is 0 Å². The summed E-state index contributed by atoms with van der Waals surface area (Å²) in [5.41, 5.74) is 0.487. The molecule has 1 amide bonds. The zero-order chi connectivity index (χ0) is 16.3. The van der Waals surface area contributed by atoms with Crippen molar-refractivity contribution in [3.05, 3.63) is 39.4 Å². The molecule has 0 saturated carbocycles. The predicted molar refractivity (Wildman–Crippen MR) is 86.6 cm³/mol. The zero-order valence-electron chi connectivity index (χ0n) is 12.3. The van der Waals surface area contributed by atoms with Crippen LogP contribution in [0.1, 0.15) is 19.4 Å². The van der Waals surface area contributed by atoms with E-state index in [0.717, 1.165) is 0 Å². The fourth-order valence-corrected chi connectivity index (χ4v) is 2.96. The molecule has 1 aromatic rings. The van der Waals surface area contributed by atoms with Crippen LogP contribution in [0.5, 0.6) is 0 Å². The average molecular weight is 339 g/mol. The van der Waals surface area contributed by atoms with Crippen LogP contribution in [0.4, 0.5) is 0 Å². The maximum absolute atomic E-state index is 12.5. The number of morpholine rings is 1. The molecule has 1 aliphatic heterocycles. The van der Waals surface area contributed by atoms with Gasteiger partial charge in [0.05, 0.1) is 12.2 Å². The van der Waals surface area contributed by atoms with Crippen LogP contribution in [0.25, 0.3) is 6.08 Å². The first kappa shape index (κ1) is 16.8. The summed E-state index contributed by atoms with van der Waals surface area (Å²) < 4.78 is 5.60. The number of carbonyl (C=O) groups excluding carboxylic acids is 1. The van der Waals surface area contributed by atoms with Crippen LogP contribution in [0, 0.1) is 11.3 Å². The number of ether oxygens (including phenoxy) is 1. The van der Waals surface area contributed by atoms with Crippen molar-refractivity contribution in [2.24, 2.45) is 0 Å². The van der Waals surface area contributed by atoms with Gasteiger partial charge in [-0.2, -0.15) is 5.26 Å². The number of nitrogens with zero attached hydrogens (tertiary/aromatic N) is 2. The summed E-state index contributed by atoms with van der Waals surface area (Å²) in [4.78, 5) is 14.2. The summed E-state index contributed by atoms with van der Waals surface area (Å²) in [5.74, 6) is -0.333. The second kappa shape index (κ2) is 7.15.